The molecule has 29 heavy (non-hydrogen) atoms. The molecule has 0 radical (unpaired) electrons. The predicted molar refractivity (Wildman–Crippen MR) is 115 cm³/mol. The SMILES string of the molecule is CCc1cc2ccc([C@@](C)(C#N)C[C@@H]3CCc4cc(C)ccc4O3)cc2[nH]c1=O. The van der Waals surface area contributed by atoms with Gasteiger partial charge >= 0.3 is 0 Å². The van der Waals surface area contributed by atoms with Crippen molar-refractivity contribution in [1.29, 1.82) is 5.26 Å². The first-order chi connectivity index (χ1) is 13.9. The van der Waals surface area contributed by atoms with E-state index in [2.05, 4.69) is 30.1 Å². The van der Waals surface area contributed by atoms with Gasteiger partial charge in [-0.05, 0) is 67.8 Å². The molecule has 1 aromatic heterocycles. The molecule has 0 fully saturated rings. The molecule has 0 aliphatic carbocycles. The highest BCUT2D eigenvalue weighted by Gasteiger charge is 2.33. The number of benzene rings is 2. The number of fused-ring (bicyclic) bond motifs is 2. The van der Waals surface area contributed by atoms with Gasteiger partial charge in [0, 0.05) is 17.5 Å². The number of rotatable bonds is 4. The first-order valence-corrected chi connectivity index (χ1v) is 10.3. The molecule has 2 atom stereocenters. The number of ether oxygens (including phenoxy) is 1. The third kappa shape index (κ3) is 3.65. The molecule has 1 aliphatic rings. The molecule has 4 nitrogen and oxygen atoms in total. The van der Waals surface area contributed by atoms with Gasteiger partial charge in [-0.15, -0.1) is 0 Å². The molecule has 0 amide bonds. The summed E-state index contributed by atoms with van der Waals surface area (Å²) < 4.78 is 6.23. The normalized spacial score (nSPS) is 17.8. The van der Waals surface area contributed by atoms with Crippen LogP contribution >= 0.6 is 0 Å². The number of nitrogens with zero attached hydrogens (tertiary/aromatic N) is 1. The molecule has 0 saturated heterocycles. The van der Waals surface area contributed by atoms with Crippen molar-refractivity contribution in [3.05, 3.63) is 75.1 Å². The molecule has 2 heterocycles. The van der Waals surface area contributed by atoms with E-state index in [1.165, 1.54) is 11.1 Å². The zero-order valence-corrected chi connectivity index (χ0v) is 17.2. The number of hydrogen-bond donors (Lipinski definition) is 1. The van der Waals surface area contributed by atoms with Gasteiger partial charge in [-0.1, -0.05) is 36.8 Å². The van der Waals surface area contributed by atoms with Gasteiger partial charge in [0.2, 0.25) is 0 Å². The summed E-state index contributed by atoms with van der Waals surface area (Å²) in [6, 6.07) is 16.7. The molecule has 148 valence electrons. The van der Waals surface area contributed by atoms with Crippen molar-refractivity contribution in [2.45, 2.75) is 58.0 Å². The van der Waals surface area contributed by atoms with Crippen molar-refractivity contribution in [3.8, 4) is 11.8 Å². The lowest BCUT2D eigenvalue weighted by Gasteiger charge is -2.32. The summed E-state index contributed by atoms with van der Waals surface area (Å²) in [5, 5.41) is 11.0. The fraction of sp³-hybridized carbons (Fsp3) is 0.360. The van der Waals surface area contributed by atoms with E-state index in [1.54, 1.807) is 0 Å². The molecule has 0 bridgehead atoms. The first-order valence-electron chi connectivity index (χ1n) is 10.3. The summed E-state index contributed by atoms with van der Waals surface area (Å²) in [5.41, 5.74) is 4.19. The van der Waals surface area contributed by atoms with Crippen LogP contribution in [0.4, 0.5) is 0 Å². The zero-order chi connectivity index (χ0) is 20.6. The monoisotopic (exact) mass is 386 g/mol. The molecule has 2 aromatic carbocycles. The van der Waals surface area contributed by atoms with E-state index in [9.17, 15) is 10.1 Å². The van der Waals surface area contributed by atoms with E-state index in [0.29, 0.717) is 12.8 Å². The van der Waals surface area contributed by atoms with Gasteiger partial charge in [-0.3, -0.25) is 4.79 Å². The lowest BCUT2D eigenvalue weighted by Crippen LogP contribution is -2.32. The lowest BCUT2D eigenvalue weighted by molar-refractivity contribution is 0.146. The number of pyridine rings is 1. The predicted octanol–water partition coefficient (Wildman–Crippen LogP) is 4.96. The highest BCUT2D eigenvalue weighted by Crippen LogP contribution is 2.36. The third-order valence-corrected chi connectivity index (χ3v) is 6.07. The fourth-order valence-electron chi connectivity index (χ4n) is 4.25. The smallest absolute Gasteiger partial charge is 0.251 e. The minimum Gasteiger partial charge on any atom is -0.490 e. The van der Waals surface area contributed by atoms with Crippen LogP contribution in [0.1, 0.15) is 48.9 Å². The van der Waals surface area contributed by atoms with Crippen molar-refractivity contribution in [2.75, 3.05) is 0 Å². The standard InChI is InChI=1S/C25H26N2O2/c1-4-17-12-18-6-8-20(13-22(18)27-24(17)28)25(3,15-26)14-21-9-7-19-11-16(2)5-10-23(19)29-21/h5-6,8,10-13,21H,4,7,9,14H2,1-3H3,(H,27,28)/t21-,25+/m0/s1. The summed E-state index contributed by atoms with van der Waals surface area (Å²) in [7, 11) is 0. The van der Waals surface area contributed by atoms with Crippen molar-refractivity contribution in [2.24, 2.45) is 0 Å². The van der Waals surface area contributed by atoms with E-state index < -0.39 is 5.41 Å². The van der Waals surface area contributed by atoms with Crippen LogP contribution in [0, 0.1) is 18.3 Å². The van der Waals surface area contributed by atoms with E-state index in [1.807, 2.05) is 44.2 Å². The summed E-state index contributed by atoms with van der Waals surface area (Å²) in [6.07, 6.45) is 3.17. The molecular weight excluding hydrogens is 360 g/mol. The number of aryl methyl sites for hydroxylation is 3. The van der Waals surface area contributed by atoms with Gasteiger partial charge in [0.25, 0.3) is 5.56 Å². The van der Waals surface area contributed by atoms with Gasteiger partial charge in [0.05, 0.1) is 11.5 Å². The highest BCUT2D eigenvalue weighted by molar-refractivity contribution is 5.80. The Kier molecular flexibility index (Phi) is 4.92. The second-order valence-electron chi connectivity index (χ2n) is 8.32. The Morgan fingerprint density at radius 1 is 1.24 bits per heavy atom. The summed E-state index contributed by atoms with van der Waals surface area (Å²) in [4.78, 5) is 15.2. The van der Waals surface area contributed by atoms with Crippen LogP contribution in [0.25, 0.3) is 10.9 Å². The molecule has 0 saturated carbocycles. The average molecular weight is 386 g/mol. The van der Waals surface area contributed by atoms with Crippen LogP contribution in [0.2, 0.25) is 0 Å². The maximum atomic E-state index is 12.2. The Bertz CT molecular complexity index is 1170. The number of aromatic nitrogens is 1. The number of aromatic amines is 1. The van der Waals surface area contributed by atoms with Crippen LogP contribution in [0.3, 0.4) is 0 Å². The van der Waals surface area contributed by atoms with E-state index in [-0.39, 0.29) is 11.7 Å². The molecule has 4 rings (SSSR count). The molecule has 4 heteroatoms. The maximum absolute atomic E-state index is 12.2. The quantitative estimate of drug-likeness (QED) is 0.689. The Morgan fingerprint density at radius 3 is 2.83 bits per heavy atom. The van der Waals surface area contributed by atoms with E-state index in [0.717, 1.165) is 40.6 Å². The number of H-pyrrole nitrogens is 1. The van der Waals surface area contributed by atoms with Crippen molar-refractivity contribution >= 4 is 10.9 Å². The van der Waals surface area contributed by atoms with E-state index in [4.69, 9.17) is 4.74 Å². The topological polar surface area (TPSA) is 65.9 Å². The van der Waals surface area contributed by atoms with Gasteiger partial charge in [-0.2, -0.15) is 5.26 Å². The van der Waals surface area contributed by atoms with Crippen LogP contribution < -0.4 is 10.3 Å². The largest absolute Gasteiger partial charge is 0.490 e. The fourth-order valence-corrected chi connectivity index (χ4v) is 4.25. The minimum atomic E-state index is -0.693. The Labute approximate surface area is 171 Å². The van der Waals surface area contributed by atoms with Crippen LogP contribution in [-0.2, 0) is 18.3 Å². The summed E-state index contributed by atoms with van der Waals surface area (Å²) in [6.45, 7) is 6.02. The lowest BCUT2D eigenvalue weighted by atomic mass is 9.77. The molecule has 1 N–H and O–H groups in total. The van der Waals surface area contributed by atoms with Gasteiger partial charge in [0.15, 0.2) is 0 Å². The Hall–Kier alpha value is -3.06. The second kappa shape index (κ2) is 7.40. The van der Waals surface area contributed by atoms with Gasteiger partial charge < -0.3 is 9.72 Å². The van der Waals surface area contributed by atoms with Crippen LogP contribution in [0.5, 0.6) is 5.75 Å². The number of nitrogens with one attached hydrogen (secondary N) is 1. The van der Waals surface area contributed by atoms with Gasteiger partial charge in [0.1, 0.15) is 11.9 Å². The molecular formula is C25H26N2O2. The first kappa shape index (κ1) is 19.3. The van der Waals surface area contributed by atoms with Crippen molar-refractivity contribution < 1.29 is 4.74 Å². The summed E-state index contributed by atoms with van der Waals surface area (Å²) >= 11 is 0. The Balaban J connectivity index is 1.63. The van der Waals surface area contributed by atoms with Crippen LogP contribution in [0.15, 0.2) is 47.3 Å². The zero-order valence-electron chi connectivity index (χ0n) is 17.2. The molecule has 0 spiro atoms. The average Bonchev–Trinajstić information content (AvgIpc) is 2.72. The second-order valence-corrected chi connectivity index (χ2v) is 8.32. The van der Waals surface area contributed by atoms with Crippen molar-refractivity contribution in [1.82, 2.24) is 4.98 Å². The molecule has 1 aliphatic heterocycles. The van der Waals surface area contributed by atoms with Crippen LogP contribution in [-0.4, -0.2) is 11.1 Å². The van der Waals surface area contributed by atoms with E-state index >= 15 is 0 Å². The number of hydrogen-bond acceptors (Lipinski definition) is 3. The minimum absolute atomic E-state index is 0.00734. The maximum Gasteiger partial charge on any atom is 0.251 e. The highest BCUT2D eigenvalue weighted by atomic mass is 16.5. The summed E-state index contributed by atoms with van der Waals surface area (Å²) in [5.74, 6) is 0.932. The Morgan fingerprint density at radius 2 is 2.07 bits per heavy atom. The molecule has 0 unspecified atom stereocenters. The number of nitriles is 1. The van der Waals surface area contributed by atoms with Gasteiger partial charge in [-0.25, -0.2) is 0 Å². The third-order valence-electron chi connectivity index (χ3n) is 6.07. The molecule has 3 aromatic rings. The van der Waals surface area contributed by atoms with Crippen molar-refractivity contribution in [3.63, 3.8) is 0 Å².